The van der Waals surface area contributed by atoms with E-state index in [1.807, 2.05) is 0 Å². The molecule has 12 heavy (non-hydrogen) atoms. The zero-order valence-electron chi connectivity index (χ0n) is 7.21. The quantitative estimate of drug-likeness (QED) is 0.694. The standard InChI is InChI=1S/C8H15F2NO/c1-11(5-8(9)10)4-6-2-7(12)3-6/h6-8,12H,2-5H2,1H3. The minimum atomic E-state index is -2.25. The normalized spacial score (nSPS) is 29.5. The van der Waals surface area contributed by atoms with Crippen molar-refractivity contribution in [2.24, 2.45) is 5.92 Å². The lowest BCUT2D eigenvalue weighted by Crippen LogP contribution is -2.38. The van der Waals surface area contributed by atoms with Crippen molar-refractivity contribution in [2.45, 2.75) is 25.4 Å². The Balaban J connectivity index is 2.06. The second kappa shape index (κ2) is 4.14. The van der Waals surface area contributed by atoms with Gasteiger partial charge in [0.05, 0.1) is 12.6 Å². The van der Waals surface area contributed by atoms with Gasteiger partial charge in [0.15, 0.2) is 0 Å². The Morgan fingerprint density at radius 3 is 2.50 bits per heavy atom. The van der Waals surface area contributed by atoms with Gasteiger partial charge in [-0.25, -0.2) is 8.78 Å². The third-order valence-corrected chi connectivity index (χ3v) is 2.23. The minimum Gasteiger partial charge on any atom is -0.393 e. The fourth-order valence-corrected chi connectivity index (χ4v) is 1.60. The average Bonchev–Trinajstić information content (AvgIpc) is 1.82. The number of alkyl halides is 2. The number of aliphatic hydroxyl groups excluding tert-OH is 1. The SMILES string of the molecule is CN(CC(F)F)CC1CC(O)C1. The molecule has 72 valence electrons. The third kappa shape index (κ3) is 3.03. The highest BCUT2D eigenvalue weighted by Gasteiger charge is 2.28. The lowest BCUT2D eigenvalue weighted by Gasteiger charge is -2.34. The van der Waals surface area contributed by atoms with Gasteiger partial charge >= 0.3 is 0 Å². The highest BCUT2D eigenvalue weighted by molar-refractivity contribution is 4.80. The lowest BCUT2D eigenvalue weighted by molar-refractivity contribution is 0.0178. The second-order valence-corrected chi connectivity index (χ2v) is 3.60. The summed E-state index contributed by atoms with van der Waals surface area (Å²) in [5, 5.41) is 8.95. The van der Waals surface area contributed by atoms with Crippen LogP contribution in [0, 0.1) is 5.92 Å². The summed E-state index contributed by atoms with van der Waals surface area (Å²) >= 11 is 0. The number of aliphatic hydroxyl groups is 1. The van der Waals surface area contributed by atoms with Crippen LogP contribution in [0.5, 0.6) is 0 Å². The van der Waals surface area contributed by atoms with Gasteiger partial charge in [0.2, 0.25) is 0 Å². The van der Waals surface area contributed by atoms with E-state index in [1.165, 1.54) is 0 Å². The number of hydrogen-bond acceptors (Lipinski definition) is 2. The molecule has 0 aromatic carbocycles. The number of nitrogens with zero attached hydrogens (tertiary/aromatic N) is 1. The largest absolute Gasteiger partial charge is 0.393 e. The summed E-state index contributed by atoms with van der Waals surface area (Å²) in [6.45, 7) is 0.522. The maximum absolute atomic E-state index is 11.8. The predicted octanol–water partition coefficient (Wildman–Crippen LogP) is 0.954. The summed E-state index contributed by atoms with van der Waals surface area (Å²) in [6, 6.07) is 0. The summed E-state index contributed by atoms with van der Waals surface area (Å²) in [6.07, 6.45) is -0.892. The van der Waals surface area contributed by atoms with Gasteiger partial charge in [0.25, 0.3) is 6.43 Å². The maximum Gasteiger partial charge on any atom is 0.251 e. The first-order valence-electron chi connectivity index (χ1n) is 4.22. The van der Waals surface area contributed by atoms with Crippen LogP contribution in [0.1, 0.15) is 12.8 Å². The fourth-order valence-electron chi connectivity index (χ4n) is 1.60. The zero-order chi connectivity index (χ0) is 9.14. The Hall–Kier alpha value is -0.220. The Morgan fingerprint density at radius 2 is 2.08 bits per heavy atom. The first-order chi connectivity index (χ1) is 5.58. The molecule has 0 spiro atoms. The Labute approximate surface area is 71.2 Å². The summed E-state index contributed by atoms with van der Waals surface area (Å²) < 4.78 is 23.7. The van der Waals surface area contributed by atoms with Gasteiger partial charge in [-0.1, -0.05) is 0 Å². The molecule has 0 aromatic heterocycles. The molecule has 0 aliphatic heterocycles. The van der Waals surface area contributed by atoms with Crippen LogP contribution in [-0.2, 0) is 0 Å². The van der Waals surface area contributed by atoms with Crippen LogP contribution >= 0.6 is 0 Å². The van der Waals surface area contributed by atoms with Crippen molar-refractivity contribution in [3.63, 3.8) is 0 Å². The van der Waals surface area contributed by atoms with E-state index < -0.39 is 6.43 Å². The van der Waals surface area contributed by atoms with Crippen molar-refractivity contribution in [2.75, 3.05) is 20.1 Å². The van der Waals surface area contributed by atoms with Crippen LogP contribution < -0.4 is 0 Å². The summed E-state index contributed by atoms with van der Waals surface area (Å²) in [5.74, 6) is 0.420. The highest BCUT2D eigenvalue weighted by atomic mass is 19.3. The minimum absolute atomic E-state index is 0.160. The van der Waals surface area contributed by atoms with E-state index in [4.69, 9.17) is 5.11 Å². The molecule has 0 heterocycles. The van der Waals surface area contributed by atoms with Crippen LogP contribution in [0.15, 0.2) is 0 Å². The molecule has 4 heteroatoms. The van der Waals surface area contributed by atoms with E-state index >= 15 is 0 Å². The molecule has 1 fully saturated rings. The van der Waals surface area contributed by atoms with Crippen molar-refractivity contribution in [1.82, 2.24) is 4.90 Å². The van der Waals surface area contributed by atoms with E-state index in [2.05, 4.69) is 0 Å². The fraction of sp³-hybridized carbons (Fsp3) is 1.00. The molecule has 1 aliphatic carbocycles. The molecule has 0 amide bonds. The van der Waals surface area contributed by atoms with E-state index in [1.54, 1.807) is 11.9 Å². The third-order valence-electron chi connectivity index (χ3n) is 2.23. The number of rotatable bonds is 4. The predicted molar refractivity (Wildman–Crippen MR) is 42.2 cm³/mol. The molecule has 2 nitrogen and oxygen atoms in total. The Kier molecular flexibility index (Phi) is 3.40. The molecule has 0 radical (unpaired) electrons. The van der Waals surface area contributed by atoms with E-state index in [0.29, 0.717) is 12.5 Å². The Bertz CT molecular complexity index is 137. The summed E-state index contributed by atoms with van der Waals surface area (Å²) in [5.41, 5.74) is 0. The molecular weight excluding hydrogens is 164 g/mol. The zero-order valence-corrected chi connectivity index (χ0v) is 7.21. The number of hydrogen-bond donors (Lipinski definition) is 1. The molecule has 1 rings (SSSR count). The smallest absolute Gasteiger partial charge is 0.251 e. The van der Waals surface area contributed by atoms with Gasteiger partial charge in [0.1, 0.15) is 0 Å². The molecule has 1 N–H and O–H groups in total. The van der Waals surface area contributed by atoms with Crippen molar-refractivity contribution >= 4 is 0 Å². The van der Waals surface area contributed by atoms with Crippen LogP contribution in [0.4, 0.5) is 8.78 Å². The van der Waals surface area contributed by atoms with Crippen LogP contribution in [-0.4, -0.2) is 42.7 Å². The molecule has 0 unspecified atom stereocenters. The van der Waals surface area contributed by atoms with Crippen molar-refractivity contribution in [3.05, 3.63) is 0 Å². The lowest BCUT2D eigenvalue weighted by atomic mass is 9.82. The van der Waals surface area contributed by atoms with Gasteiger partial charge in [-0.2, -0.15) is 0 Å². The van der Waals surface area contributed by atoms with Gasteiger partial charge in [-0.3, -0.25) is 0 Å². The second-order valence-electron chi connectivity index (χ2n) is 3.60. The maximum atomic E-state index is 11.8. The van der Waals surface area contributed by atoms with E-state index in [-0.39, 0.29) is 12.6 Å². The summed E-state index contributed by atoms with van der Waals surface area (Å²) in [7, 11) is 1.69. The topological polar surface area (TPSA) is 23.5 Å². The molecule has 0 saturated heterocycles. The molecule has 1 saturated carbocycles. The van der Waals surface area contributed by atoms with Crippen LogP contribution in [0.2, 0.25) is 0 Å². The average molecular weight is 179 g/mol. The monoisotopic (exact) mass is 179 g/mol. The Morgan fingerprint density at radius 1 is 1.50 bits per heavy atom. The number of halogens is 2. The van der Waals surface area contributed by atoms with Gasteiger partial charge in [-0.15, -0.1) is 0 Å². The van der Waals surface area contributed by atoms with Crippen molar-refractivity contribution < 1.29 is 13.9 Å². The van der Waals surface area contributed by atoms with Crippen molar-refractivity contribution in [1.29, 1.82) is 0 Å². The molecular formula is C8H15F2NO. The van der Waals surface area contributed by atoms with Crippen LogP contribution in [0.3, 0.4) is 0 Å². The molecule has 0 atom stereocenters. The van der Waals surface area contributed by atoms with E-state index in [9.17, 15) is 8.78 Å². The summed E-state index contributed by atoms with van der Waals surface area (Å²) in [4.78, 5) is 1.63. The van der Waals surface area contributed by atoms with Gasteiger partial charge in [0, 0.05) is 6.54 Å². The highest BCUT2D eigenvalue weighted by Crippen LogP contribution is 2.27. The van der Waals surface area contributed by atoms with Gasteiger partial charge in [-0.05, 0) is 25.8 Å². The van der Waals surface area contributed by atoms with Crippen molar-refractivity contribution in [3.8, 4) is 0 Å². The van der Waals surface area contributed by atoms with E-state index in [0.717, 1.165) is 12.8 Å². The molecule has 1 aliphatic rings. The first-order valence-corrected chi connectivity index (χ1v) is 4.22. The first kappa shape index (κ1) is 9.86. The van der Waals surface area contributed by atoms with Crippen LogP contribution in [0.25, 0.3) is 0 Å². The molecule has 0 bridgehead atoms. The molecule has 0 aromatic rings. The van der Waals surface area contributed by atoms with Gasteiger partial charge < -0.3 is 10.0 Å².